The number of rotatable bonds is 3. The summed E-state index contributed by atoms with van der Waals surface area (Å²) in [5, 5.41) is 0. The second kappa shape index (κ2) is 6.00. The van der Waals surface area contributed by atoms with Crippen LogP contribution in [0.15, 0.2) is 52.7 Å². The Balaban J connectivity index is 1.81. The van der Waals surface area contributed by atoms with Crippen LogP contribution in [0.4, 0.5) is 0 Å². The lowest BCUT2D eigenvalue weighted by atomic mass is 9.82. The maximum atomic E-state index is 12.1. The van der Waals surface area contributed by atoms with Crippen molar-refractivity contribution in [2.75, 3.05) is 7.11 Å². The summed E-state index contributed by atoms with van der Waals surface area (Å²) in [5.74, 6) is 2.35. The van der Waals surface area contributed by atoms with Crippen molar-refractivity contribution < 1.29 is 13.9 Å². The van der Waals surface area contributed by atoms with E-state index in [1.165, 1.54) is 0 Å². The van der Waals surface area contributed by atoms with E-state index in [-0.39, 0.29) is 5.78 Å². The maximum absolute atomic E-state index is 12.1. The SMILES string of the molecule is COc1ccc(/C=C2/CC(c3ccco3)CCC2=O)cc1. The number of ketones is 1. The highest BCUT2D eigenvalue weighted by molar-refractivity contribution is 6.00. The molecule has 1 saturated carbocycles. The Labute approximate surface area is 124 Å². The van der Waals surface area contributed by atoms with Gasteiger partial charge in [0.2, 0.25) is 0 Å². The summed E-state index contributed by atoms with van der Waals surface area (Å²) >= 11 is 0. The predicted octanol–water partition coefficient (Wildman–Crippen LogP) is 4.21. The van der Waals surface area contributed by atoms with E-state index in [1.54, 1.807) is 13.4 Å². The molecule has 1 unspecified atom stereocenters. The van der Waals surface area contributed by atoms with Gasteiger partial charge in [0.1, 0.15) is 11.5 Å². The second-order valence-corrected chi connectivity index (χ2v) is 5.32. The molecule has 0 N–H and O–H groups in total. The van der Waals surface area contributed by atoms with Crippen molar-refractivity contribution in [3.05, 3.63) is 59.6 Å². The molecule has 3 rings (SSSR count). The van der Waals surface area contributed by atoms with Gasteiger partial charge in [-0.15, -0.1) is 0 Å². The Morgan fingerprint density at radius 1 is 1.24 bits per heavy atom. The Morgan fingerprint density at radius 2 is 2.05 bits per heavy atom. The number of Topliss-reactive ketones (excluding diaryl/α,β-unsaturated/α-hetero) is 1. The smallest absolute Gasteiger partial charge is 0.158 e. The fourth-order valence-corrected chi connectivity index (χ4v) is 2.75. The van der Waals surface area contributed by atoms with E-state index >= 15 is 0 Å². The number of hydrogen-bond donors (Lipinski definition) is 0. The van der Waals surface area contributed by atoms with E-state index in [2.05, 4.69) is 0 Å². The molecule has 0 bridgehead atoms. The van der Waals surface area contributed by atoms with E-state index in [0.717, 1.165) is 35.5 Å². The summed E-state index contributed by atoms with van der Waals surface area (Å²) in [4.78, 5) is 12.1. The number of benzene rings is 1. The van der Waals surface area contributed by atoms with Crippen LogP contribution in [0.2, 0.25) is 0 Å². The molecule has 0 amide bonds. The van der Waals surface area contributed by atoms with E-state index in [1.807, 2.05) is 42.5 Å². The minimum Gasteiger partial charge on any atom is -0.497 e. The molecular formula is C18H18O3. The summed E-state index contributed by atoms with van der Waals surface area (Å²) in [6, 6.07) is 11.6. The zero-order chi connectivity index (χ0) is 14.7. The van der Waals surface area contributed by atoms with Crippen molar-refractivity contribution in [2.24, 2.45) is 0 Å². The van der Waals surface area contributed by atoms with Gasteiger partial charge in [0, 0.05) is 12.3 Å². The molecule has 2 aromatic rings. The van der Waals surface area contributed by atoms with Gasteiger partial charge < -0.3 is 9.15 Å². The van der Waals surface area contributed by atoms with Gasteiger partial charge in [0.05, 0.1) is 13.4 Å². The van der Waals surface area contributed by atoms with Crippen LogP contribution in [0, 0.1) is 0 Å². The average Bonchev–Trinajstić information content (AvgIpc) is 3.04. The van der Waals surface area contributed by atoms with Crippen LogP contribution in [-0.2, 0) is 4.79 Å². The quantitative estimate of drug-likeness (QED) is 0.792. The van der Waals surface area contributed by atoms with Gasteiger partial charge in [0.25, 0.3) is 0 Å². The molecule has 0 spiro atoms. The van der Waals surface area contributed by atoms with Crippen molar-refractivity contribution in [3.8, 4) is 5.75 Å². The van der Waals surface area contributed by atoms with E-state index in [9.17, 15) is 4.79 Å². The third kappa shape index (κ3) is 3.07. The Kier molecular flexibility index (Phi) is 3.91. The summed E-state index contributed by atoms with van der Waals surface area (Å²) in [6.45, 7) is 0. The number of furan rings is 1. The third-order valence-corrected chi connectivity index (χ3v) is 3.95. The van der Waals surface area contributed by atoms with Gasteiger partial charge >= 0.3 is 0 Å². The zero-order valence-corrected chi connectivity index (χ0v) is 12.0. The van der Waals surface area contributed by atoms with Crippen molar-refractivity contribution in [1.82, 2.24) is 0 Å². The molecule has 0 aliphatic heterocycles. The first kappa shape index (κ1) is 13.7. The van der Waals surface area contributed by atoms with Crippen LogP contribution in [0.3, 0.4) is 0 Å². The molecule has 1 atom stereocenters. The number of carbonyl (C=O) groups excluding carboxylic acids is 1. The fraction of sp³-hybridized carbons (Fsp3) is 0.278. The molecule has 1 aromatic heterocycles. The standard InChI is InChI=1S/C18H18O3/c1-20-16-7-4-13(5-8-16)11-15-12-14(6-9-17(15)19)18-3-2-10-21-18/h2-5,7-8,10-11,14H,6,9,12H2,1H3/b15-11-. The molecule has 1 aliphatic rings. The number of carbonyl (C=O) groups is 1. The maximum Gasteiger partial charge on any atom is 0.158 e. The van der Waals surface area contributed by atoms with Gasteiger partial charge in [-0.1, -0.05) is 12.1 Å². The van der Waals surface area contributed by atoms with E-state index < -0.39 is 0 Å². The first-order valence-corrected chi connectivity index (χ1v) is 7.17. The normalized spacial score (nSPS) is 20.7. The lowest BCUT2D eigenvalue weighted by Gasteiger charge is -2.21. The van der Waals surface area contributed by atoms with Crippen LogP contribution >= 0.6 is 0 Å². The molecule has 3 heteroatoms. The monoisotopic (exact) mass is 282 g/mol. The Hall–Kier alpha value is -2.29. The first-order chi connectivity index (χ1) is 10.3. The highest BCUT2D eigenvalue weighted by atomic mass is 16.5. The lowest BCUT2D eigenvalue weighted by Crippen LogP contribution is -2.15. The van der Waals surface area contributed by atoms with Gasteiger partial charge in [-0.05, 0) is 54.3 Å². The number of ether oxygens (including phenoxy) is 1. The topological polar surface area (TPSA) is 39.4 Å². The van der Waals surface area contributed by atoms with Crippen LogP contribution < -0.4 is 4.74 Å². The molecule has 1 aliphatic carbocycles. The van der Waals surface area contributed by atoms with Crippen molar-refractivity contribution in [2.45, 2.75) is 25.2 Å². The molecule has 1 fully saturated rings. The number of hydrogen-bond acceptors (Lipinski definition) is 3. The number of allylic oxidation sites excluding steroid dienone is 1. The number of methoxy groups -OCH3 is 1. The second-order valence-electron chi connectivity index (χ2n) is 5.32. The van der Waals surface area contributed by atoms with Crippen molar-refractivity contribution in [1.29, 1.82) is 0 Å². The van der Waals surface area contributed by atoms with Gasteiger partial charge in [0.15, 0.2) is 5.78 Å². The molecule has 3 nitrogen and oxygen atoms in total. The van der Waals surface area contributed by atoms with Gasteiger partial charge in [-0.2, -0.15) is 0 Å². The summed E-state index contributed by atoms with van der Waals surface area (Å²) < 4.78 is 10.6. The minimum atomic E-state index is 0.244. The third-order valence-electron chi connectivity index (χ3n) is 3.95. The summed E-state index contributed by atoms with van der Waals surface area (Å²) in [5.41, 5.74) is 1.91. The Bertz CT molecular complexity index is 636. The fourth-order valence-electron chi connectivity index (χ4n) is 2.75. The largest absolute Gasteiger partial charge is 0.497 e. The van der Waals surface area contributed by atoms with Crippen molar-refractivity contribution >= 4 is 11.9 Å². The summed E-state index contributed by atoms with van der Waals surface area (Å²) in [7, 11) is 1.64. The summed E-state index contributed by atoms with van der Waals surface area (Å²) in [6.07, 6.45) is 5.88. The molecular weight excluding hydrogens is 264 g/mol. The molecule has 0 saturated heterocycles. The molecule has 1 heterocycles. The van der Waals surface area contributed by atoms with Gasteiger partial charge in [-0.25, -0.2) is 0 Å². The lowest BCUT2D eigenvalue weighted by molar-refractivity contribution is -0.116. The van der Waals surface area contributed by atoms with Crippen LogP contribution in [0.25, 0.3) is 6.08 Å². The highest BCUT2D eigenvalue weighted by Gasteiger charge is 2.26. The zero-order valence-electron chi connectivity index (χ0n) is 12.0. The molecule has 108 valence electrons. The minimum absolute atomic E-state index is 0.244. The van der Waals surface area contributed by atoms with Crippen LogP contribution in [-0.4, -0.2) is 12.9 Å². The predicted molar refractivity (Wildman–Crippen MR) is 81.3 cm³/mol. The molecule has 1 aromatic carbocycles. The molecule has 21 heavy (non-hydrogen) atoms. The first-order valence-electron chi connectivity index (χ1n) is 7.17. The van der Waals surface area contributed by atoms with Crippen LogP contribution in [0.1, 0.15) is 36.5 Å². The van der Waals surface area contributed by atoms with E-state index in [4.69, 9.17) is 9.15 Å². The van der Waals surface area contributed by atoms with Crippen molar-refractivity contribution in [3.63, 3.8) is 0 Å². The van der Waals surface area contributed by atoms with Crippen LogP contribution in [0.5, 0.6) is 5.75 Å². The molecule has 0 radical (unpaired) electrons. The van der Waals surface area contributed by atoms with E-state index in [0.29, 0.717) is 12.3 Å². The average molecular weight is 282 g/mol. The Morgan fingerprint density at radius 3 is 2.71 bits per heavy atom. The van der Waals surface area contributed by atoms with Gasteiger partial charge in [-0.3, -0.25) is 4.79 Å². The highest BCUT2D eigenvalue weighted by Crippen LogP contribution is 2.35.